The molecule has 154 valence electrons. The second-order valence-corrected chi connectivity index (χ2v) is 8.44. The molecule has 0 aliphatic carbocycles. The van der Waals surface area contributed by atoms with Crippen molar-refractivity contribution in [1.29, 1.82) is 0 Å². The molecule has 0 amide bonds. The van der Waals surface area contributed by atoms with E-state index >= 15 is 0 Å². The predicted molar refractivity (Wildman–Crippen MR) is 113 cm³/mol. The molecule has 9 heteroatoms. The van der Waals surface area contributed by atoms with E-state index in [1.54, 1.807) is 0 Å². The molecule has 29 heavy (non-hydrogen) atoms. The van der Waals surface area contributed by atoms with Crippen LogP contribution in [0.2, 0.25) is 0 Å². The molecule has 0 radical (unpaired) electrons. The van der Waals surface area contributed by atoms with Gasteiger partial charge in [0.05, 0.1) is 24.1 Å². The monoisotopic (exact) mass is 414 g/mol. The first kappa shape index (κ1) is 19.8. The number of hydrogen-bond acceptors (Lipinski definition) is 8. The van der Waals surface area contributed by atoms with Crippen LogP contribution >= 0.6 is 11.3 Å². The fourth-order valence-electron chi connectivity index (χ4n) is 3.54. The van der Waals surface area contributed by atoms with Crippen molar-refractivity contribution in [1.82, 2.24) is 24.9 Å². The van der Waals surface area contributed by atoms with E-state index < -0.39 is 0 Å². The number of fused-ring (bicyclic) bond motifs is 1. The van der Waals surface area contributed by atoms with Gasteiger partial charge in [-0.15, -0.1) is 10.2 Å². The normalized spacial score (nSPS) is 14.4. The van der Waals surface area contributed by atoms with E-state index in [-0.39, 0.29) is 12.7 Å². The summed E-state index contributed by atoms with van der Waals surface area (Å²) in [5, 5.41) is 24.2. The van der Waals surface area contributed by atoms with Gasteiger partial charge in [-0.05, 0) is 39.0 Å². The molecule has 0 saturated carbocycles. The molecule has 1 aromatic carbocycles. The molecule has 0 fully saturated rings. The molecular formula is C20H26N6O2S. The summed E-state index contributed by atoms with van der Waals surface area (Å²) < 4.78 is 7.59. The lowest BCUT2D eigenvalue weighted by Crippen LogP contribution is -2.32. The Morgan fingerprint density at radius 3 is 2.86 bits per heavy atom. The van der Waals surface area contributed by atoms with Crippen molar-refractivity contribution in [2.45, 2.75) is 39.8 Å². The minimum absolute atomic E-state index is 0.0680. The van der Waals surface area contributed by atoms with Gasteiger partial charge in [0, 0.05) is 42.9 Å². The van der Waals surface area contributed by atoms with E-state index in [0.29, 0.717) is 18.0 Å². The molecule has 1 aliphatic rings. The van der Waals surface area contributed by atoms with E-state index in [9.17, 15) is 5.11 Å². The number of nitrogen functional groups attached to an aromatic ring is 1. The molecule has 0 unspecified atom stereocenters. The van der Waals surface area contributed by atoms with Crippen LogP contribution in [0.3, 0.4) is 0 Å². The van der Waals surface area contributed by atoms with Crippen LogP contribution in [0.25, 0.3) is 15.7 Å². The Hall–Kier alpha value is -2.49. The van der Waals surface area contributed by atoms with Crippen molar-refractivity contribution < 1.29 is 9.84 Å². The van der Waals surface area contributed by atoms with Gasteiger partial charge in [0.1, 0.15) is 10.8 Å². The number of nitrogens with two attached hydrogens (primary N) is 1. The number of hydrogen-bond donors (Lipinski definition) is 2. The molecule has 3 N–H and O–H groups in total. The molecule has 0 spiro atoms. The standard InChI is InChI=1S/C20H26N6O2S/c1-12(2)28-18-5-4-14(10-16(18)21)19-22-23-20(29-19)26-13(3)15-11-25(8-9-27)7-6-17(15)24-26/h4-5,10,12,27H,6-9,11,21H2,1-3H3. The first-order chi connectivity index (χ1) is 14.0. The zero-order valence-corrected chi connectivity index (χ0v) is 17.7. The van der Waals surface area contributed by atoms with Crippen molar-refractivity contribution in [3.63, 3.8) is 0 Å². The first-order valence-corrected chi connectivity index (χ1v) is 10.6. The second kappa shape index (κ2) is 8.10. The van der Waals surface area contributed by atoms with E-state index in [4.69, 9.17) is 15.6 Å². The van der Waals surface area contributed by atoms with Crippen LogP contribution in [0, 0.1) is 6.92 Å². The van der Waals surface area contributed by atoms with Gasteiger partial charge in [-0.3, -0.25) is 4.90 Å². The maximum Gasteiger partial charge on any atom is 0.233 e. The van der Waals surface area contributed by atoms with Crippen LogP contribution in [0.15, 0.2) is 18.2 Å². The summed E-state index contributed by atoms with van der Waals surface area (Å²) >= 11 is 1.48. The van der Waals surface area contributed by atoms with Gasteiger partial charge in [0.2, 0.25) is 5.13 Å². The molecule has 4 rings (SSSR count). The van der Waals surface area contributed by atoms with E-state index in [1.807, 2.05) is 36.7 Å². The number of aliphatic hydroxyl groups is 1. The summed E-state index contributed by atoms with van der Waals surface area (Å²) in [6.45, 7) is 8.58. The zero-order valence-electron chi connectivity index (χ0n) is 16.9. The minimum Gasteiger partial charge on any atom is -0.489 e. The summed E-state index contributed by atoms with van der Waals surface area (Å²) in [6.07, 6.45) is 0.946. The van der Waals surface area contributed by atoms with Crippen molar-refractivity contribution in [3.05, 3.63) is 35.2 Å². The predicted octanol–water partition coefficient (Wildman–Crippen LogP) is 2.42. The number of rotatable bonds is 6. The van der Waals surface area contributed by atoms with Crippen LogP contribution < -0.4 is 10.5 Å². The molecule has 0 saturated heterocycles. The van der Waals surface area contributed by atoms with E-state index in [2.05, 4.69) is 22.0 Å². The summed E-state index contributed by atoms with van der Waals surface area (Å²) in [5.74, 6) is 0.677. The number of anilines is 1. The van der Waals surface area contributed by atoms with Gasteiger partial charge in [0.25, 0.3) is 0 Å². The fourth-order valence-corrected chi connectivity index (χ4v) is 4.39. The van der Waals surface area contributed by atoms with Crippen molar-refractivity contribution in [3.8, 4) is 21.5 Å². The smallest absolute Gasteiger partial charge is 0.233 e. The SMILES string of the molecule is Cc1c2c(nn1-c1nnc(-c3ccc(OC(C)C)c(N)c3)s1)CCN(CCO)C2. The second-order valence-electron chi connectivity index (χ2n) is 7.48. The molecule has 2 aromatic heterocycles. The molecule has 0 bridgehead atoms. The highest BCUT2D eigenvalue weighted by atomic mass is 32.1. The Morgan fingerprint density at radius 1 is 1.31 bits per heavy atom. The van der Waals surface area contributed by atoms with Gasteiger partial charge < -0.3 is 15.6 Å². The lowest BCUT2D eigenvalue weighted by atomic mass is 10.1. The average Bonchev–Trinajstić information content (AvgIpc) is 3.29. The number of ether oxygens (including phenoxy) is 1. The number of benzene rings is 1. The third-order valence-corrected chi connectivity index (χ3v) is 5.95. The highest BCUT2D eigenvalue weighted by Crippen LogP contribution is 2.32. The topological polar surface area (TPSA) is 102 Å². The van der Waals surface area contributed by atoms with Crippen molar-refractivity contribution >= 4 is 17.0 Å². The van der Waals surface area contributed by atoms with Gasteiger partial charge in [-0.1, -0.05) is 11.3 Å². The Balaban J connectivity index is 1.60. The number of β-amino-alcohol motifs (C(OH)–C–C–N with tert-alkyl or cyclic N) is 1. The summed E-state index contributed by atoms with van der Waals surface area (Å²) in [6, 6.07) is 5.70. The summed E-state index contributed by atoms with van der Waals surface area (Å²) in [7, 11) is 0. The molecule has 3 aromatic rings. The highest BCUT2D eigenvalue weighted by molar-refractivity contribution is 7.17. The fraction of sp³-hybridized carbons (Fsp3) is 0.450. The Morgan fingerprint density at radius 2 is 2.14 bits per heavy atom. The average molecular weight is 415 g/mol. The lowest BCUT2D eigenvalue weighted by Gasteiger charge is -2.25. The molecular weight excluding hydrogens is 388 g/mol. The Bertz CT molecular complexity index is 1010. The third kappa shape index (κ3) is 3.98. The molecule has 0 atom stereocenters. The van der Waals surface area contributed by atoms with Crippen LogP contribution in [0.1, 0.15) is 30.8 Å². The minimum atomic E-state index is 0.0680. The third-order valence-electron chi connectivity index (χ3n) is 5.00. The van der Waals surface area contributed by atoms with E-state index in [1.165, 1.54) is 16.9 Å². The number of aliphatic hydroxyl groups excluding tert-OH is 1. The van der Waals surface area contributed by atoms with Crippen LogP contribution in [0.5, 0.6) is 5.75 Å². The summed E-state index contributed by atoms with van der Waals surface area (Å²) in [4.78, 5) is 2.25. The highest BCUT2D eigenvalue weighted by Gasteiger charge is 2.24. The van der Waals surface area contributed by atoms with Gasteiger partial charge in [0.15, 0.2) is 0 Å². The largest absolute Gasteiger partial charge is 0.489 e. The lowest BCUT2D eigenvalue weighted by molar-refractivity contribution is 0.184. The van der Waals surface area contributed by atoms with Gasteiger partial charge >= 0.3 is 0 Å². The summed E-state index contributed by atoms with van der Waals surface area (Å²) in [5.41, 5.74) is 11.0. The van der Waals surface area contributed by atoms with Gasteiger partial charge in [-0.25, -0.2) is 4.68 Å². The first-order valence-electron chi connectivity index (χ1n) is 9.77. The quantitative estimate of drug-likeness (QED) is 0.597. The van der Waals surface area contributed by atoms with Crippen molar-refractivity contribution in [2.75, 3.05) is 25.4 Å². The molecule has 8 nitrogen and oxygen atoms in total. The Kier molecular flexibility index (Phi) is 5.53. The maximum absolute atomic E-state index is 9.21. The van der Waals surface area contributed by atoms with Crippen molar-refractivity contribution in [2.24, 2.45) is 0 Å². The van der Waals surface area contributed by atoms with E-state index in [0.717, 1.165) is 46.6 Å². The Labute approximate surface area is 173 Å². The van der Waals surface area contributed by atoms with Gasteiger partial charge in [-0.2, -0.15) is 5.10 Å². The van der Waals surface area contributed by atoms with Crippen LogP contribution in [0.4, 0.5) is 5.69 Å². The molecule has 1 aliphatic heterocycles. The number of nitrogens with zero attached hydrogens (tertiary/aromatic N) is 5. The maximum atomic E-state index is 9.21. The zero-order chi connectivity index (χ0) is 20.5. The molecule has 3 heterocycles. The van der Waals surface area contributed by atoms with Crippen LogP contribution in [-0.2, 0) is 13.0 Å². The number of aromatic nitrogens is 4. The van der Waals surface area contributed by atoms with Crippen LogP contribution in [-0.4, -0.2) is 55.8 Å².